The number of ether oxygens (including phenoxy) is 1. The lowest BCUT2D eigenvalue weighted by atomic mass is 10.1. The van der Waals surface area contributed by atoms with Gasteiger partial charge in [-0.05, 0) is 26.3 Å². The Hall–Kier alpha value is -1.65. The average molecular weight is 302 g/mol. The van der Waals surface area contributed by atoms with Crippen molar-refractivity contribution in [3.05, 3.63) is 42.0 Å². The molecule has 0 spiro atoms. The van der Waals surface area contributed by atoms with Crippen molar-refractivity contribution in [1.29, 1.82) is 0 Å². The quantitative estimate of drug-likeness (QED) is 0.867. The highest BCUT2D eigenvalue weighted by Gasteiger charge is 2.31. The molecule has 1 aromatic rings. The first kappa shape index (κ1) is 16.7. The van der Waals surface area contributed by atoms with Crippen LogP contribution in [0.15, 0.2) is 36.4 Å². The van der Waals surface area contributed by atoms with Gasteiger partial charge in [-0.3, -0.25) is 9.69 Å². The van der Waals surface area contributed by atoms with Gasteiger partial charge in [0.1, 0.15) is 11.6 Å². The largest absolute Gasteiger partial charge is 0.459 e. The van der Waals surface area contributed by atoms with Crippen molar-refractivity contribution in [2.24, 2.45) is 0 Å². The van der Waals surface area contributed by atoms with Crippen LogP contribution in [0.4, 0.5) is 0 Å². The summed E-state index contributed by atoms with van der Waals surface area (Å²) in [4.78, 5) is 14.5. The van der Waals surface area contributed by atoms with Gasteiger partial charge in [0.25, 0.3) is 0 Å². The number of piperazine rings is 1. The maximum atomic E-state index is 12.3. The normalized spacial score (nSPS) is 20.2. The molecule has 4 nitrogen and oxygen atoms in total. The lowest BCUT2D eigenvalue weighted by molar-refractivity contribution is -0.161. The number of benzene rings is 1. The molecule has 0 aliphatic carbocycles. The fourth-order valence-electron chi connectivity index (χ4n) is 2.46. The van der Waals surface area contributed by atoms with Gasteiger partial charge in [0.05, 0.1) is 0 Å². The van der Waals surface area contributed by atoms with Crippen LogP contribution in [0, 0.1) is 0 Å². The van der Waals surface area contributed by atoms with Crippen LogP contribution in [0.25, 0.3) is 6.08 Å². The molecule has 0 amide bonds. The van der Waals surface area contributed by atoms with Crippen LogP contribution in [0.3, 0.4) is 0 Å². The smallest absolute Gasteiger partial charge is 0.325 e. The number of hydrogen-bond acceptors (Lipinski definition) is 4. The Balaban J connectivity index is 1.95. The lowest BCUT2D eigenvalue weighted by Crippen LogP contribution is -2.56. The van der Waals surface area contributed by atoms with Crippen molar-refractivity contribution in [2.45, 2.75) is 32.4 Å². The molecule has 0 radical (unpaired) electrons. The maximum Gasteiger partial charge on any atom is 0.325 e. The van der Waals surface area contributed by atoms with Crippen LogP contribution in [0.1, 0.15) is 26.3 Å². The number of hydrogen-bond donors (Lipinski definition) is 1. The summed E-state index contributed by atoms with van der Waals surface area (Å²) in [6, 6.07) is 9.97. The second kappa shape index (κ2) is 7.56. The molecule has 1 atom stereocenters. The second-order valence-corrected chi connectivity index (χ2v) is 6.56. The fraction of sp³-hybridized carbons (Fsp3) is 0.500. The first-order valence-electron chi connectivity index (χ1n) is 7.85. The molecule has 120 valence electrons. The number of nitrogens with zero attached hydrogens (tertiary/aromatic N) is 1. The van der Waals surface area contributed by atoms with Crippen LogP contribution in [-0.4, -0.2) is 48.7 Å². The van der Waals surface area contributed by atoms with Gasteiger partial charge >= 0.3 is 5.97 Å². The number of carbonyl (C=O) groups is 1. The molecule has 1 heterocycles. The number of rotatable bonds is 4. The molecule has 0 aromatic heterocycles. The van der Waals surface area contributed by atoms with E-state index >= 15 is 0 Å². The first-order valence-corrected chi connectivity index (χ1v) is 7.85. The Bertz CT molecular complexity index is 506. The molecule has 1 fully saturated rings. The second-order valence-electron chi connectivity index (χ2n) is 6.56. The minimum absolute atomic E-state index is 0.146. The van der Waals surface area contributed by atoms with E-state index in [4.69, 9.17) is 4.74 Å². The summed E-state index contributed by atoms with van der Waals surface area (Å²) in [5.74, 6) is -0.146. The summed E-state index contributed by atoms with van der Waals surface area (Å²) >= 11 is 0. The molecule has 1 aliphatic heterocycles. The molecular weight excluding hydrogens is 276 g/mol. The lowest BCUT2D eigenvalue weighted by Gasteiger charge is -2.35. The number of esters is 1. The van der Waals surface area contributed by atoms with Gasteiger partial charge in [-0.1, -0.05) is 42.5 Å². The van der Waals surface area contributed by atoms with Gasteiger partial charge < -0.3 is 10.1 Å². The molecule has 0 saturated carbocycles. The van der Waals surface area contributed by atoms with Crippen LogP contribution in [0.2, 0.25) is 0 Å². The van der Waals surface area contributed by atoms with Gasteiger partial charge in [-0.25, -0.2) is 0 Å². The third-order valence-corrected chi connectivity index (χ3v) is 3.48. The predicted molar refractivity (Wildman–Crippen MR) is 89.6 cm³/mol. The van der Waals surface area contributed by atoms with Crippen molar-refractivity contribution in [3.63, 3.8) is 0 Å². The molecule has 1 saturated heterocycles. The van der Waals surface area contributed by atoms with E-state index in [1.807, 2.05) is 39.0 Å². The van der Waals surface area contributed by atoms with Crippen molar-refractivity contribution in [2.75, 3.05) is 26.2 Å². The first-order chi connectivity index (χ1) is 10.5. The molecule has 4 heteroatoms. The zero-order valence-corrected chi connectivity index (χ0v) is 13.7. The summed E-state index contributed by atoms with van der Waals surface area (Å²) in [6.45, 7) is 8.86. The van der Waals surface area contributed by atoms with E-state index < -0.39 is 5.60 Å². The monoisotopic (exact) mass is 302 g/mol. The highest BCUT2D eigenvalue weighted by molar-refractivity contribution is 5.76. The predicted octanol–water partition coefficient (Wildman–Crippen LogP) is 2.32. The van der Waals surface area contributed by atoms with Gasteiger partial charge in [-0.2, -0.15) is 0 Å². The van der Waals surface area contributed by atoms with Crippen molar-refractivity contribution in [1.82, 2.24) is 10.2 Å². The van der Waals surface area contributed by atoms with E-state index in [9.17, 15) is 4.79 Å². The summed E-state index contributed by atoms with van der Waals surface area (Å²) < 4.78 is 5.53. The zero-order chi connectivity index (χ0) is 16.0. The Kier molecular flexibility index (Phi) is 5.75. The molecular formula is C18H26N2O2. The minimum Gasteiger partial charge on any atom is -0.459 e. The van der Waals surface area contributed by atoms with E-state index in [0.717, 1.165) is 19.6 Å². The highest BCUT2D eigenvalue weighted by Crippen LogP contribution is 2.13. The summed E-state index contributed by atoms with van der Waals surface area (Å²) in [6.07, 6.45) is 4.20. The Morgan fingerprint density at radius 3 is 2.77 bits per heavy atom. The molecule has 22 heavy (non-hydrogen) atoms. The van der Waals surface area contributed by atoms with Crippen molar-refractivity contribution < 1.29 is 9.53 Å². The Labute approximate surface area is 133 Å². The Morgan fingerprint density at radius 1 is 1.36 bits per heavy atom. The standard InChI is InChI=1S/C18H26N2O2/c1-18(2,3)22-17(21)16-14-19-11-13-20(16)12-7-10-15-8-5-4-6-9-15/h4-10,16,19H,11-14H2,1-3H3. The molecule has 0 bridgehead atoms. The highest BCUT2D eigenvalue weighted by atomic mass is 16.6. The topological polar surface area (TPSA) is 41.6 Å². The van der Waals surface area contributed by atoms with E-state index in [0.29, 0.717) is 6.54 Å². The van der Waals surface area contributed by atoms with Gasteiger partial charge in [0.15, 0.2) is 0 Å². The molecule has 1 unspecified atom stereocenters. The average Bonchev–Trinajstić information content (AvgIpc) is 2.47. The fourth-order valence-corrected chi connectivity index (χ4v) is 2.46. The molecule has 1 aromatic carbocycles. The van der Waals surface area contributed by atoms with Gasteiger partial charge in [0.2, 0.25) is 0 Å². The zero-order valence-electron chi connectivity index (χ0n) is 13.7. The maximum absolute atomic E-state index is 12.3. The van der Waals surface area contributed by atoms with Gasteiger partial charge in [0, 0.05) is 26.2 Å². The third-order valence-electron chi connectivity index (χ3n) is 3.48. The van der Waals surface area contributed by atoms with Crippen LogP contribution in [0.5, 0.6) is 0 Å². The molecule has 2 rings (SSSR count). The van der Waals surface area contributed by atoms with E-state index in [1.165, 1.54) is 5.56 Å². The summed E-state index contributed by atoms with van der Waals surface area (Å²) in [5, 5.41) is 3.27. The summed E-state index contributed by atoms with van der Waals surface area (Å²) in [5.41, 5.74) is 0.728. The van der Waals surface area contributed by atoms with E-state index in [2.05, 4.69) is 34.5 Å². The Morgan fingerprint density at radius 2 is 2.09 bits per heavy atom. The van der Waals surface area contributed by atoms with Gasteiger partial charge in [-0.15, -0.1) is 0 Å². The third kappa shape index (κ3) is 5.28. The molecule has 1 aliphatic rings. The summed E-state index contributed by atoms with van der Waals surface area (Å²) in [7, 11) is 0. The van der Waals surface area contributed by atoms with E-state index in [1.54, 1.807) is 0 Å². The van der Waals surface area contributed by atoms with Crippen LogP contribution >= 0.6 is 0 Å². The van der Waals surface area contributed by atoms with E-state index in [-0.39, 0.29) is 12.0 Å². The van der Waals surface area contributed by atoms with Crippen molar-refractivity contribution in [3.8, 4) is 0 Å². The number of carbonyl (C=O) groups excluding carboxylic acids is 1. The molecule has 1 N–H and O–H groups in total. The number of nitrogens with one attached hydrogen (secondary N) is 1. The SMILES string of the molecule is CC(C)(C)OC(=O)C1CNCCN1CC=Cc1ccccc1. The van der Waals surface area contributed by atoms with Crippen LogP contribution < -0.4 is 5.32 Å². The van der Waals surface area contributed by atoms with Crippen molar-refractivity contribution >= 4 is 12.0 Å². The minimum atomic E-state index is -0.444. The van der Waals surface area contributed by atoms with Crippen LogP contribution in [-0.2, 0) is 9.53 Å².